The van der Waals surface area contributed by atoms with Gasteiger partial charge in [0.15, 0.2) is 5.78 Å². The van der Waals surface area contributed by atoms with Crippen LogP contribution in [0, 0.1) is 0 Å². The van der Waals surface area contributed by atoms with E-state index < -0.39 is 6.10 Å². The number of nitrogens with one attached hydrogen (secondary N) is 1. The van der Waals surface area contributed by atoms with Gasteiger partial charge in [0.05, 0.1) is 18.7 Å². The van der Waals surface area contributed by atoms with E-state index in [-0.39, 0.29) is 18.4 Å². The zero-order valence-corrected chi connectivity index (χ0v) is 11.1. The van der Waals surface area contributed by atoms with Crippen LogP contribution in [0.3, 0.4) is 0 Å². The van der Waals surface area contributed by atoms with Crippen molar-refractivity contribution in [2.45, 2.75) is 18.6 Å². The summed E-state index contributed by atoms with van der Waals surface area (Å²) in [6.07, 6.45) is 0.184. The van der Waals surface area contributed by atoms with Crippen LogP contribution in [0.4, 0.5) is 0 Å². The fourth-order valence-corrected chi connectivity index (χ4v) is 2.75. The van der Waals surface area contributed by atoms with Crippen LogP contribution < -0.4 is 5.32 Å². The van der Waals surface area contributed by atoms with Crippen LogP contribution in [0.2, 0.25) is 0 Å². The highest BCUT2D eigenvalue weighted by atomic mass is 16.3. The molecule has 1 aliphatic rings. The molecule has 3 rings (SSSR count). The number of hydrogen-bond donors (Lipinski definition) is 2. The van der Waals surface area contributed by atoms with Crippen molar-refractivity contribution in [3.8, 4) is 0 Å². The van der Waals surface area contributed by atoms with Gasteiger partial charge in [0, 0.05) is 12.0 Å². The van der Waals surface area contributed by atoms with Crippen LogP contribution in [0.15, 0.2) is 54.6 Å². The third-order valence-electron chi connectivity index (χ3n) is 3.78. The van der Waals surface area contributed by atoms with Gasteiger partial charge in [-0.25, -0.2) is 0 Å². The highest BCUT2D eigenvalue weighted by Crippen LogP contribution is 2.30. The van der Waals surface area contributed by atoms with Gasteiger partial charge in [0.1, 0.15) is 0 Å². The fourth-order valence-electron chi connectivity index (χ4n) is 2.75. The molecule has 2 atom stereocenters. The van der Waals surface area contributed by atoms with E-state index in [1.807, 2.05) is 54.6 Å². The first-order chi connectivity index (χ1) is 9.75. The van der Waals surface area contributed by atoms with E-state index in [1.54, 1.807) is 0 Å². The number of aliphatic hydroxyl groups excluding tert-OH is 1. The van der Waals surface area contributed by atoms with Crippen molar-refractivity contribution >= 4 is 5.78 Å². The smallest absolute Gasteiger partial charge is 0.176 e. The first-order valence-corrected chi connectivity index (χ1v) is 6.83. The number of aliphatic hydroxyl groups is 1. The van der Waals surface area contributed by atoms with Crippen molar-refractivity contribution in [1.82, 2.24) is 5.32 Å². The lowest BCUT2D eigenvalue weighted by molar-refractivity contribution is 0.0964. The second kappa shape index (κ2) is 5.57. The van der Waals surface area contributed by atoms with E-state index in [1.165, 1.54) is 0 Å². The van der Waals surface area contributed by atoms with E-state index in [4.69, 9.17) is 0 Å². The number of fused-ring (bicyclic) bond motifs is 1. The summed E-state index contributed by atoms with van der Waals surface area (Å²) < 4.78 is 0. The van der Waals surface area contributed by atoms with Gasteiger partial charge in [-0.15, -0.1) is 0 Å². The third kappa shape index (κ3) is 2.50. The molecule has 20 heavy (non-hydrogen) atoms. The molecule has 2 aromatic rings. The summed E-state index contributed by atoms with van der Waals surface area (Å²) in [4.78, 5) is 12.1. The minimum absolute atomic E-state index is 0.0437. The number of rotatable bonds is 4. The van der Waals surface area contributed by atoms with Crippen molar-refractivity contribution in [3.05, 3.63) is 71.3 Å². The van der Waals surface area contributed by atoms with E-state index in [0.717, 1.165) is 11.1 Å². The Labute approximate surface area is 118 Å². The molecule has 3 heteroatoms. The lowest BCUT2D eigenvalue weighted by Gasteiger charge is -2.17. The molecule has 102 valence electrons. The lowest BCUT2D eigenvalue weighted by atomic mass is 10.1. The summed E-state index contributed by atoms with van der Waals surface area (Å²) in [5.74, 6) is 0.0437. The number of hydrogen-bond acceptors (Lipinski definition) is 3. The van der Waals surface area contributed by atoms with E-state index >= 15 is 0 Å². The van der Waals surface area contributed by atoms with Crippen LogP contribution in [-0.4, -0.2) is 23.5 Å². The molecule has 0 heterocycles. The predicted octanol–water partition coefficient (Wildman–Crippen LogP) is 2.12. The number of Topliss-reactive ketones (excluding diaryl/α,β-unsaturated/α-hetero) is 1. The fraction of sp³-hybridized carbons (Fsp3) is 0.235. The lowest BCUT2D eigenvalue weighted by Crippen LogP contribution is -2.32. The van der Waals surface area contributed by atoms with Crippen LogP contribution in [0.5, 0.6) is 0 Å². The van der Waals surface area contributed by atoms with Crippen molar-refractivity contribution < 1.29 is 9.90 Å². The van der Waals surface area contributed by atoms with Crippen molar-refractivity contribution in [2.24, 2.45) is 0 Å². The molecule has 0 aromatic heterocycles. The molecular formula is C17H17NO2. The number of ketones is 1. The van der Waals surface area contributed by atoms with Crippen LogP contribution in [-0.2, 0) is 6.42 Å². The average molecular weight is 267 g/mol. The van der Waals surface area contributed by atoms with Gasteiger partial charge in [-0.1, -0.05) is 54.6 Å². The topological polar surface area (TPSA) is 49.3 Å². The monoisotopic (exact) mass is 267 g/mol. The van der Waals surface area contributed by atoms with E-state index in [9.17, 15) is 9.90 Å². The summed E-state index contributed by atoms with van der Waals surface area (Å²) in [6, 6.07) is 17.0. The molecule has 0 amide bonds. The van der Waals surface area contributed by atoms with Gasteiger partial charge < -0.3 is 10.4 Å². The minimum atomic E-state index is -0.462. The van der Waals surface area contributed by atoms with Crippen LogP contribution in [0.1, 0.15) is 27.5 Å². The summed E-state index contributed by atoms with van der Waals surface area (Å²) >= 11 is 0. The molecule has 0 aliphatic heterocycles. The molecule has 1 aliphatic carbocycles. The summed E-state index contributed by atoms with van der Waals surface area (Å²) in [5.41, 5.74) is 2.95. The Balaban J connectivity index is 1.69. The molecule has 0 fully saturated rings. The maximum Gasteiger partial charge on any atom is 0.176 e. The molecule has 0 unspecified atom stereocenters. The van der Waals surface area contributed by atoms with Crippen LogP contribution in [0.25, 0.3) is 0 Å². The van der Waals surface area contributed by atoms with Crippen LogP contribution >= 0.6 is 0 Å². The Morgan fingerprint density at radius 3 is 2.60 bits per heavy atom. The number of carbonyl (C=O) groups excluding carboxylic acids is 1. The van der Waals surface area contributed by atoms with Gasteiger partial charge in [-0.05, 0) is 11.1 Å². The summed E-state index contributed by atoms with van der Waals surface area (Å²) in [6.45, 7) is 0.236. The molecule has 2 N–H and O–H groups in total. The Hall–Kier alpha value is -1.97. The van der Waals surface area contributed by atoms with Crippen molar-refractivity contribution in [2.75, 3.05) is 6.54 Å². The second-order valence-corrected chi connectivity index (χ2v) is 5.12. The van der Waals surface area contributed by atoms with Gasteiger partial charge in [-0.2, -0.15) is 0 Å². The number of benzene rings is 2. The Bertz CT molecular complexity index is 609. The Kier molecular flexibility index (Phi) is 3.63. The molecular weight excluding hydrogens is 250 g/mol. The summed E-state index contributed by atoms with van der Waals surface area (Å²) in [5, 5.41) is 13.3. The van der Waals surface area contributed by atoms with Crippen molar-refractivity contribution in [3.63, 3.8) is 0 Å². The largest absolute Gasteiger partial charge is 0.391 e. The average Bonchev–Trinajstić information content (AvgIpc) is 2.81. The molecule has 0 bridgehead atoms. The molecule has 0 saturated heterocycles. The predicted molar refractivity (Wildman–Crippen MR) is 77.7 cm³/mol. The molecule has 2 aromatic carbocycles. The van der Waals surface area contributed by atoms with Gasteiger partial charge in [0.2, 0.25) is 0 Å². The second-order valence-electron chi connectivity index (χ2n) is 5.12. The highest BCUT2D eigenvalue weighted by molar-refractivity contribution is 5.97. The standard InChI is InChI=1S/C17H17NO2/c19-15-10-13-8-4-5-9-14(13)17(15)18-11-16(20)12-6-2-1-3-7-12/h1-9,15,17-19H,10-11H2/t15-,17-/m0/s1. The maximum absolute atomic E-state index is 12.1. The third-order valence-corrected chi connectivity index (χ3v) is 3.78. The number of carbonyl (C=O) groups is 1. The Morgan fingerprint density at radius 1 is 1.10 bits per heavy atom. The highest BCUT2D eigenvalue weighted by Gasteiger charge is 2.30. The normalized spacial score (nSPS) is 20.6. The quantitative estimate of drug-likeness (QED) is 0.834. The first kappa shape index (κ1) is 13.0. The van der Waals surface area contributed by atoms with Gasteiger partial charge in [-0.3, -0.25) is 4.79 Å². The first-order valence-electron chi connectivity index (χ1n) is 6.83. The van der Waals surface area contributed by atoms with Gasteiger partial charge >= 0.3 is 0 Å². The minimum Gasteiger partial charge on any atom is -0.391 e. The molecule has 0 spiro atoms. The Morgan fingerprint density at radius 2 is 1.80 bits per heavy atom. The van der Waals surface area contributed by atoms with Gasteiger partial charge in [0.25, 0.3) is 0 Å². The molecule has 3 nitrogen and oxygen atoms in total. The SMILES string of the molecule is O=C(CN[C@H]1c2ccccc2C[C@@H]1O)c1ccccc1. The molecule has 0 saturated carbocycles. The summed E-state index contributed by atoms with van der Waals surface area (Å²) in [7, 11) is 0. The zero-order chi connectivity index (χ0) is 13.9. The van der Waals surface area contributed by atoms with Crippen molar-refractivity contribution in [1.29, 1.82) is 0 Å². The van der Waals surface area contributed by atoms with E-state index in [0.29, 0.717) is 12.0 Å². The van der Waals surface area contributed by atoms with E-state index in [2.05, 4.69) is 5.32 Å². The zero-order valence-electron chi connectivity index (χ0n) is 11.1. The maximum atomic E-state index is 12.1. The molecule has 0 radical (unpaired) electrons.